The Morgan fingerprint density at radius 3 is 0.944 bits per heavy atom. The van der Waals surface area contributed by atoms with Crippen molar-refractivity contribution in [2.24, 2.45) is 0 Å². The van der Waals surface area contributed by atoms with Gasteiger partial charge in [0.2, 0.25) is 0 Å². The Hall–Kier alpha value is -0.996. The van der Waals surface area contributed by atoms with Crippen molar-refractivity contribution in [3.63, 3.8) is 0 Å². The zero-order valence-corrected chi connectivity index (χ0v) is 10.00. The number of rotatable bonds is 0. The maximum absolute atomic E-state index is 9.75. The van der Waals surface area contributed by atoms with Crippen LogP contribution in [0.5, 0.6) is 0 Å². The van der Waals surface area contributed by atoms with Crippen LogP contribution < -0.4 is 0 Å². The van der Waals surface area contributed by atoms with Gasteiger partial charge in [0.25, 0.3) is 0 Å². The molecule has 3 nitrogen and oxygen atoms in total. The summed E-state index contributed by atoms with van der Waals surface area (Å²) in [6.07, 6.45) is 11.0. The standard InChI is InChI=1S/C6H8.3CO.BF4.Fe/c1-2-4-6-5-3-1;3*1-2;2-1(3,4)5;/h1-4H,5-6H2;;;;;/q;;;;-1;. The van der Waals surface area contributed by atoms with Crippen LogP contribution in [-0.2, 0) is 31.0 Å². The first-order valence-electron chi connectivity index (χ1n) is 3.80. The van der Waals surface area contributed by atoms with Crippen LogP contribution in [0.25, 0.3) is 0 Å². The minimum Gasteiger partial charge on any atom is 0 e. The van der Waals surface area contributed by atoms with Gasteiger partial charge in [-0.2, -0.15) is 0 Å². The zero-order chi connectivity index (χ0) is 14.7. The summed E-state index contributed by atoms with van der Waals surface area (Å²) in [6, 6.07) is 0. The van der Waals surface area contributed by atoms with Crippen molar-refractivity contribution in [1.29, 1.82) is 0 Å². The van der Waals surface area contributed by atoms with Gasteiger partial charge in [-0.25, -0.2) is 0 Å². The van der Waals surface area contributed by atoms with Gasteiger partial charge in [0.1, 0.15) is 0 Å². The molecule has 0 amide bonds. The molecule has 0 bridgehead atoms. The van der Waals surface area contributed by atoms with Crippen molar-refractivity contribution in [2.45, 2.75) is 12.8 Å². The molecule has 1 rings (SSSR count). The summed E-state index contributed by atoms with van der Waals surface area (Å²) < 4.78 is 61.5. The van der Waals surface area contributed by atoms with Crippen LogP contribution in [0.15, 0.2) is 24.3 Å². The number of allylic oxidation sites excluding steroid dienone is 4. The number of hydrogen-bond acceptors (Lipinski definition) is 0. The molecule has 0 atom stereocenters. The van der Waals surface area contributed by atoms with Crippen LogP contribution in [0.2, 0.25) is 0 Å². The van der Waals surface area contributed by atoms with Crippen LogP contribution in [0.4, 0.5) is 17.3 Å². The average molecular weight is 307 g/mol. The SMILES string of the molecule is C1=CCCC=C1.F[B-](F)(F)F.[C-]#[O+].[C-]#[O+].[C-]#[O+].[Fe]. The molecular weight excluding hydrogens is 299 g/mol. The van der Waals surface area contributed by atoms with Crippen LogP contribution in [-0.4, -0.2) is 7.25 Å². The summed E-state index contributed by atoms with van der Waals surface area (Å²) in [7, 11) is -6.00. The maximum atomic E-state index is 9.75. The van der Waals surface area contributed by atoms with E-state index in [9.17, 15) is 17.3 Å². The molecule has 1 aliphatic rings. The molecule has 102 valence electrons. The third-order valence-corrected chi connectivity index (χ3v) is 0.883. The fourth-order valence-electron chi connectivity index (χ4n) is 0.542. The minimum atomic E-state index is -6.00. The van der Waals surface area contributed by atoms with E-state index in [-0.39, 0.29) is 17.1 Å². The van der Waals surface area contributed by atoms with Crippen molar-refractivity contribution in [2.75, 3.05) is 0 Å². The number of halogens is 4. The Balaban J connectivity index is -0.0000000431. The van der Waals surface area contributed by atoms with Crippen molar-refractivity contribution in [3.05, 3.63) is 44.3 Å². The fourth-order valence-corrected chi connectivity index (χ4v) is 0.542. The molecule has 0 aromatic rings. The van der Waals surface area contributed by atoms with Crippen LogP contribution in [0.1, 0.15) is 12.8 Å². The average Bonchev–Trinajstić information content (AvgIpc) is 2.37. The van der Waals surface area contributed by atoms with Gasteiger partial charge < -0.3 is 17.3 Å². The second-order valence-corrected chi connectivity index (χ2v) is 1.93. The molecule has 0 saturated carbocycles. The summed E-state index contributed by atoms with van der Waals surface area (Å²) >= 11 is 0. The second-order valence-electron chi connectivity index (χ2n) is 1.93. The van der Waals surface area contributed by atoms with Gasteiger partial charge in [-0.1, -0.05) is 24.3 Å². The first kappa shape index (κ1) is 30.2. The van der Waals surface area contributed by atoms with Gasteiger partial charge in [0.05, 0.1) is 0 Å². The molecule has 0 saturated heterocycles. The Bertz CT molecular complexity index is 226. The molecule has 0 aromatic carbocycles. The first-order chi connectivity index (χ1) is 8.00. The fraction of sp³-hybridized carbons (Fsp3) is 0.222. The van der Waals surface area contributed by atoms with E-state index in [0.29, 0.717) is 0 Å². The van der Waals surface area contributed by atoms with Gasteiger partial charge in [-0.05, 0) is 12.8 Å². The summed E-state index contributed by atoms with van der Waals surface area (Å²) in [5.41, 5.74) is 0. The Morgan fingerprint density at radius 2 is 0.889 bits per heavy atom. The Labute approximate surface area is 113 Å². The molecule has 9 heteroatoms. The molecule has 1 aliphatic carbocycles. The molecule has 0 N–H and O–H groups in total. The van der Waals surface area contributed by atoms with Crippen LogP contribution in [0, 0.1) is 20.0 Å². The largest absolute Gasteiger partial charge is 0 e. The van der Waals surface area contributed by atoms with Crippen molar-refractivity contribution in [3.8, 4) is 0 Å². The molecule has 0 aliphatic heterocycles. The van der Waals surface area contributed by atoms with Crippen molar-refractivity contribution < 1.29 is 48.3 Å². The molecule has 0 aromatic heterocycles. The maximum Gasteiger partial charge on any atom is 0 e. The smallest absolute Gasteiger partial charge is 0 e. The summed E-state index contributed by atoms with van der Waals surface area (Å²) in [6.45, 7) is 13.5. The second kappa shape index (κ2) is 29.8. The molecule has 0 unspecified atom stereocenters. The third kappa shape index (κ3) is 118. The third-order valence-electron chi connectivity index (χ3n) is 0.883. The molecule has 0 heterocycles. The van der Waals surface area contributed by atoms with E-state index < -0.39 is 7.25 Å². The van der Waals surface area contributed by atoms with E-state index in [4.69, 9.17) is 14.0 Å². The van der Waals surface area contributed by atoms with E-state index >= 15 is 0 Å². The van der Waals surface area contributed by atoms with E-state index in [1.165, 1.54) is 12.8 Å². The van der Waals surface area contributed by atoms with Gasteiger partial charge >= 0.3 is 41.2 Å². The normalized spacial score (nSPS) is 9.89. The number of hydrogen-bond donors (Lipinski definition) is 0. The van der Waals surface area contributed by atoms with Crippen LogP contribution >= 0.6 is 0 Å². The van der Waals surface area contributed by atoms with Gasteiger partial charge in [0, 0.05) is 17.1 Å². The topological polar surface area (TPSA) is 59.7 Å². The summed E-state index contributed by atoms with van der Waals surface area (Å²) in [4.78, 5) is 0. The quantitative estimate of drug-likeness (QED) is 0.286. The first-order valence-corrected chi connectivity index (χ1v) is 3.80. The molecule has 0 spiro atoms. The van der Waals surface area contributed by atoms with Gasteiger partial charge in [-0.3, -0.25) is 0 Å². The van der Waals surface area contributed by atoms with Gasteiger partial charge in [-0.15, -0.1) is 0 Å². The predicted octanol–water partition coefficient (Wildman–Crippen LogP) is 3.08. The minimum absolute atomic E-state index is 0. The monoisotopic (exact) mass is 307 g/mol. The van der Waals surface area contributed by atoms with E-state index in [1.54, 1.807) is 0 Å². The molecule has 18 heavy (non-hydrogen) atoms. The van der Waals surface area contributed by atoms with E-state index in [1.807, 2.05) is 0 Å². The predicted molar refractivity (Wildman–Crippen MR) is 49.5 cm³/mol. The van der Waals surface area contributed by atoms with Crippen molar-refractivity contribution in [1.82, 2.24) is 0 Å². The van der Waals surface area contributed by atoms with Crippen molar-refractivity contribution >= 4 is 7.25 Å². The summed E-state index contributed by atoms with van der Waals surface area (Å²) in [5, 5.41) is 0. The molecule has 0 fully saturated rings. The van der Waals surface area contributed by atoms with Gasteiger partial charge in [0.15, 0.2) is 0 Å². The Kier molecular flexibility index (Phi) is 50.0. The molecule has 0 radical (unpaired) electrons. The molecular formula is C9H8BF4FeO3-. The van der Waals surface area contributed by atoms with Crippen LogP contribution in [0.3, 0.4) is 0 Å². The summed E-state index contributed by atoms with van der Waals surface area (Å²) in [5.74, 6) is 0. The van der Waals surface area contributed by atoms with E-state index in [0.717, 1.165) is 0 Å². The zero-order valence-electron chi connectivity index (χ0n) is 8.89. The van der Waals surface area contributed by atoms with E-state index in [2.05, 4.69) is 44.3 Å². The Morgan fingerprint density at radius 1 is 0.722 bits per heavy atom.